The number of rotatable bonds is 2. The highest BCUT2D eigenvalue weighted by atomic mass is 16.5. The molecule has 1 aliphatic heterocycles. The third-order valence-electron chi connectivity index (χ3n) is 3.72. The van der Waals surface area contributed by atoms with Crippen LogP contribution in [0.3, 0.4) is 0 Å². The Balaban J connectivity index is 2.47. The Morgan fingerprint density at radius 3 is 2.67 bits per heavy atom. The highest BCUT2D eigenvalue weighted by Gasteiger charge is 2.50. The fraction of sp³-hybridized carbons (Fsp3) is 0.538. The molecule has 5 nitrogen and oxygen atoms in total. The number of methoxy groups -OCH3 is 2. The molecule has 1 amide bonds. The van der Waals surface area contributed by atoms with Gasteiger partial charge in [-0.25, -0.2) is 0 Å². The Morgan fingerprint density at radius 1 is 1.44 bits per heavy atom. The zero-order valence-electron chi connectivity index (χ0n) is 10.8. The first kappa shape index (κ1) is 12.5. The Hall–Kier alpha value is -1.96. The Bertz CT molecular complexity index is 475. The molecule has 2 aliphatic rings. The predicted molar refractivity (Wildman–Crippen MR) is 63.7 cm³/mol. The van der Waals surface area contributed by atoms with Gasteiger partial charge >= 0.3 is 0 Å². The van der Waals surface area contributed by atoms with Crippen LogP contribution in [0.25, 0.3) is 0 Å². The fourth-order valence-corrected chi connectivity index (χ4v) is 2.55. The second-order valence-corrected chi connectivity index (χ2v) is 4.61. The third kappa shape index (κ3) is 1.65. The van der Waals surface area contributed by atoms with E-state index in [1.165, 1.54) is 4.90 Å². The summed E-state index contributed by atoms with van der Waals surface area (Å²) >= 11 is 0. The van der Waals surface area contributed by atoms with Gasteiger partial charge in [-0.1, -0.05) is 0 Å². The van der Waals surface area contributed by atoms with Gasteiger partial charge in [-0.15, -0.1) is 0 Å². The molecule has 96 valence electrons. The summed E-state index contributed by atoms with van der Waals surface area (Å²) in [5.41, 5.74) is -0.809. The number of nitrogens with zero attached hydrogens (tertiary/aromatic N) is 2. The highest BCUT2D eigenvalue weighted by Crippen LogP contribution is 2.47. The van der Waals surface area contributed by atoms with Gasteiger partial charge in [0, 0.05) is 26.1 Å². The number of hydrogen-bond donors (Lipinski definition) is 0. The molecular formula is C13H16N2O3. The van der Waals surface area contributed by atoms with Crippen LogP contribution in [0.5, 0.6) is 0 Å². The predicted octanol–water partition coefficient (Wildman–Crippen LogP) is 1.40. The molecule has 0 unspecified atom stereocenters. The van der Waals surface area contributed by atoms with Crippen molar-refractivity contribution in [2.75, 3.05) is 21.3 Å². The Morgan fingerprint density at radius 2 is 2.11 bits per heavy atom. The summed E-state index contributed by atoms with van der Waals surface area (Å²) in [7, 11) is 4.81. The molecule has 0 radical (unpaired) electrons. The maximum absolute atomic E-state index is 12.2. The van der Waals surface area contributed by atoms with E-state index in [2.05, 4.69) is 6.07 Å². The van der Waals surface area contributed by atoms with Gasteiger partial charge < -0.3 is 14.4 Å². The lowest BCUT2D eigenvalue weighted by molar-refractivity contribution is -0.136. The first-order valence-electron chi connectivity index (χ1n) is 5.75. The Kier molecular flexibility index (Phi) is 3.04. The summed E-state index contributed by atoms with van der Waals surface area (Å²) in [5, 5.41) is 9.46. The molecule has 1 heterocycles. The van der Waals surface area contributed by atoms with Gasteiger partial charge in [0.15, 0.2) is 0 Å². The van der Waals surface area contributed by atoms with Crippen molar-refractivity contribution in [1.82, 2.24) is 4.90 Å². The first-order chi connectivity index (χ1) is 8.57. The monoisotopic (exact) mass is 248 g/mol. The summed E-state index contributed by atoms with van der Waals surface area (Å²) in [6.07, 6.45) is 4.24. The molecule has 0 fully saturated rings. The molecule has 0 aromatic heterocycles. The van der Waals surface area contributed by atoms with Crippen LogP contribution >= 0.6 is 0 Å². The largest absolute Gasteiger partial charge is 0.498 e. The van der Waals surface area contributed by atoms with Crippen molar-refractivity contribution in [1.29, 1.82) is 5.26 Å². The topological polar surface area (TPSA) is 62.6 Å². The smallest absolute Gasteiger partial charge is 0.231 e. The zero-order chi connectivity index (χ0) is 13.3. The van der Waals surface area contributed by atoms with Gasteiger partial charge in [0.05, 0.1) is 31.6 Å². The van der Waals surface area contributed by atoms with E-state index in [9.17, 15) is 10.1 Å². The van der Waals surface area contributed by atoms with E-state index in [4.69, 9.17) is 9.47 Å². The molecule has 0 spiro atoms. The lowest BCUT2D eigenvalue weighted by Gasteiger charge is -2.40. The number of nitriles is 1. The van der Waals surface area contributed by atoms with E-state index < -0.39 is 11.3 Å². The third-order valence-corrected chi connectivity index (χ3v) is 3.72. The van der Waals surface area contributed by atoms with Crippen molar-refractivity contribution in [3.05, 3.63) is 23.8 Å². The van der Waals surface area contributed by atoms with Crippen LogP contribution < -0.4 is 0 Å². The van der Waals surface area contributed by atoms with Crippen LogP contribution in [0.1, 0.15) is 12.8 Å². The second kappa shape index (κ2) is 4.37. The average molecular weight is 248 g/mol. The maximum atomic E-state index is 12.2. The van der Waals surface area contributed by atoms with Crippen molar-refractivity contribution < 1.29 is 14.3 Å². The molecule has 0 saturated heterocycles. The van der Waals surface area contributed by atoms with Crippen molar-refractivity contribution in [3.8, 4) is 6.07 Å². The first-order valence-corrected chi connectivity index (χ1v) is 5.75. The van der Waals surface area contributed by atoms with Gasteiger partial charge in [-0.05, 0) is 6.08 Å². The molecule has 5 heteroatoms. The van der Waals surface area contributed by atoms with Crippen molar-refractivity contribution in [2.24, 2.45) is 11.3 Å². The van der Waals surface area contributed by atoms with E-state index in [0.717, 1.165) is 0 Å². The SMILES string of the molecule is COC1=C(OC)C[C@]2(C#N)C=CN(C)C(=O)[C@@H]2C1. The number of amides is 1. The number of hydrogen-bond acceptors (Lipinski definition) is 4. The highest BCUT2D eigenvalue weighted by molar-refractivity contribution is 5.83. The van der Waals surface area contributed by atoms with E-state index in [1.807, 2.05) is 0 Å². The number of ether oxygens (including phenoxy) is 2. The molecular weight excluding hydrogens is 232 g/mol. The molecule has 2 rings (SSSR count). The average Bonchev–Trinajstić information content (AvgIpc) is 2.41. The van der Waals surface area contributed by atoms with Crippen LogP contribution in [0.2, 0.25) is 0 Å². The van der Waals surface area contributed by atoms with Gasteiger partial charge in [0.2, 0.25) is 5.91 Å². The van der Waals surface area contributed by atoms with Crippen LogP contribution in [-0.4, -0.2) is 32.1 Å². The van der Waals surface area contributed by atoms with Crippen LogP contribution in [0.15, 0.2) is 23.8 Å². The molecule has 0 N–H and O–H groups in total. The number of carbonyl (C=O) groups is 1. The maximum Gasteiger partial charge on any atom is 0.231 e. The number of carbonyl (C=O) groups excluding carboxylic acids is 1. The normalized spacial score (nSPS) is 30.9. The number of fused-ring (bicyclic) bond motifs is 1. The molecule has 18 heavy (non-hydrogen) atoms. The minimum atomic E-state index is -0.809. The van der Waals surface area contributed by atoms with Gasteiger partial charge in [0.1, 0.15) is 11.5 Å². The van der Waals surface area contributed by atoms with Crippen molar-refractivity contribution in [3.63, 3.8) is 0 Å². The minimum absolute atomic E-state index is 0.0521. The molecule has 0 aromatic rings. The fourth-order valence-electron chi connectivity index (χ4n) is 2.55. The standard InChI is InChI=1S/C13H16N2O3/c1-15-5-4-13(8-14)7-11(18-3)10(17-2)6-9(13)12(15)16/h4-5,9H,6-7H2,1-3H3/t9-,13-/m0/s1. The number of allylic oxidation sites excluding steroid dienone is 3. The zero-order valence-corrected chi connectivity index (χ0v) is 10.8. The van der Waals surface area contributed by atoms with Crippen LogP contribution in [0.4, 0.5) is 0 Å². The lowest BCUT2D eigenvalue weighted by Crippen LogP contribution is -2.46. The Labute approximate surface area is 106 Å². The van der Waals surface area contributed by atoms with Gasteiger partial charge in [-0.2, -0.15) is 5.26 Å². The molecule has 0 aromatic carbocycles. The van der Waals surface area contributed by atoms with Gasteiger partial charge in [0.25, 0.3) is 0 Å². The van der Waals surface area contributed by atoms with Crippen molar-refractivity contribution >= 4 is 5.91 Å². The summed E-state index contributed by atoms with van der Waals surface area (Å²) in [6, 6.07) is 2.28. The minimum Gasteiger partial charge on any atom is -0.498 e. The van der Waals surface area contributed by atoms with E-state index >= 15 is 0 Å². The van der Waals surface area contributed by atoms with Crippen molar-refractivity contribution in [2.45, 2.75) is 12.8 Å². The summed E-state index contributed by atoms with van der Waals surface area (Å²) in [5.74, 6) is 0.859. The second-order valence-electron chi connectivity index (χ2n) is 4.61. The van der Waals surface area contributed by atoms with E-state index in [1.54, 1.807) is 33.5 Å². The van der Waals surface area contributed by atoms with Crippen LogP contribution in [-0.2, 0) is 14.3 Å². The molecule has 0 saturated carbocycles. The van der Waals surface area contributed by atoms with E-state index in [-0.39, 0.29) is 5.91 Å². The molecule has 2 atom stereocenters. The molecule has 0 bridgehead atoms. The summed E-state index contributed by atoms with van der Waals surface area (Å²) in [4.78, 5) is 13.7. The summed E-state index contributed by atoms with van der Waals surface area (Å²) < 4.78 is 10.5. The van der Waals surface area contributed by atoms with Gasteiger partial charge in [-0.3, -0.25) is 4.79 Å². The van der Waals surface area contributed by atoms with E-state index in [0.29, 0.717) is 24.4 Å². The lowest BCUT2D eigenvalue weighted by atomic mass is 9.66. The van der Waals surface area contributed by atoms with Crippen LogP contribution in [0, 0.1) is 22.7 Å². The quantitative estimate of drug-likeness (QED) is 0.741. The molecule has 1 aliphatic carbocycles. The summed E-state index contributed by atoms with van der Waals surface area (Å²) in [6.45, 7) is 0.